The van der Waals surface area contributed by atoms with Gasteiger partial charge in [0.2, 0.25) is 0 Å². The van der Waals surface area contributed by atoms with Crippen LogP contribution in [0.3, 0.4) is 0 Å². The van der Waals surface area contributed by atoms with Crippen LogP contribution in [0.2, 0.25) is 0 Å². The third kappa shape index (κ3) is 1.27. The number of aromatic carboxylic acids is 1. The topological polar surface area (TPSA) is 37.3 Å². The van der Waals surface area contributed by atoms with Crippen molar-refractivity contribution >= 4 is 5.97 Å². The molecule has 96 valence electrons. The van der Waals surface area contributed by atoms with Crippen molar-refractivity contribution in [1.29, 1.82) is 0 Å². The van der Waals surface area contributed by atoms with Gasteiger partial charge in [0.25, 0.3) is 0 Å². The van der Waals surface area contributed by atoms with Gasteiger partial charge in [0, 0.05) is 0 Å². The number of carboxylic acids is 1. The number of rotatable bonds is 2. The standard InChI is InChI=1S/C13H11F3O2/c14-13(15,16)12-5-11(6-12,7-12)9-3-1-8(2-4-9)10(17)18/h1-4H,5-7H2,(H,17,18). The van der Waals surface area contributed by atoms with Gasteiger partial charge in [-0.3, -0.25) is 0 Å². The van der Waals surface area contributed by atoms with Crippen LogP contribution in [0, 0.1) is 5.41 Å². The van der Waals surface area contributed by atoms with Gasteiger partial charge in [0.05, 0.1) is 11.0 Å². The van der Waals surface area contributed by atoms with Crippen LogP contribution in [0.15, 0.2) is 24.3 Å². The lowest BCUT2D eigenvalue weighted by molar-refractivity contribution is -0.337. The molecule has 1 aromatic rings. The molecular formula is C13H11F3O2. The lowest BCUT2D eigenvalue weighted by Crippen LogP contribution is -2.70. The van der Waals surface area contributed by atoms with Crippen molar-refractivity contribution in [3.05, 3.63) is 35.4 Å². The Morgan fingerprint density at radius 1 is 1.11 bits per heavy atom. The van der Waals surface area contributed by atoms with E-state index in [1.165, 1.54) is 12.1 Å². The third-order valence-electron chi connectivity index (χ3n) is 4.38. The molecule has 0 unspecified atom stereocenters. The average molecular weight is 256 g/mol. The molecule has 0 atom stereocenters. The molecular weight excluding hydrogens is 245 g/mol. The van der Waals surface area contributed by atoms with Crippen LogP contribution in [0.4, 0.5) is 13.2 Å². The molecule has 0 aliphatic heterocycles. The summed E-state index contributed by atoms with van der Waals surface area (Å²) >= 11 is 0. The van der Waals surface area contributed by atoms with Crippen molar-refractivity contribution in [2.24, 2.45) is 5.41 Å². The molecule has 2 bridgehead atoms. The number of benzene rings is 1. The molecule has 0 radical (unpaired) electrons. The minimum absolute atomic E-state index is 0.149. The largest absolute Gasteiger partial charge is 0.478 e. The summed E-state index contributed by atoms with van der Waals surface area (Å²) < 4.78 is 38.1. The molecule has 1 N–H and O–H groups in total. The predicted molar refractivity (Wildman–Crippen MR) is 57.4 cm³/mol. The van der Waals surface area contributed by atoms with E-state index in [2.05, 4.69) is 0 Å². The molecule has 0 heterocycles. The zero-order chi connectivity index (χ0) is 13.2. The molecule has 3 saturated carbocycles. The molecule has 18 heavy (non-hydrogen) atoms. The summed E-state index contributed by atoms with van der Waals surface area (Å²) in [4.78, 5) is 10.7. The Morgan fingerprint density at radius 3 is 2.00 bits per heavy atom. The molecule has 0 aromatic heterocycles. The third-order valence-corrected chi connectivity index (χ3v) is 4.38. The van der Waals surface area contributed by atoms with E-state index < -0.39 is 17.6 Å². The van der Waals surface area contributed by atoms with E-state index in [4.69, 9.17) is 5.11 Å². The van der Waals surface area contributed by atoms with Gasteiger partial charge in [-0.2, -0.15) is 13.2 Å². The van der Waals surface area contributed by atoms with Crippen molar-refractivity contribution < 1.29 is 23.1 Å². The van der Waals surface area contributed by atoms with Gasteiger partial charge in [0.1, 0.15) is 0 Å². The summed E-state index contributed by atoms with van der Waals surface area (Å²) in [5.41, 5.74) is -0.820. The zero-order valence-electron chi connectivity index (χ0n) is 9.42. The van der Waals surface area contributed by atoms with E-state index in [9.17, 15) is 18.0 Å². The van der Waals surface area contributed by atoms with E-state index >= 15 is 0 Å². The molecule has 0 saturated heterocycles. The SMILES string of the molecule is O=C(O)c1ccc(C23CC(C(F)(F)F)(C2)C3)cc1. The zero-order valence-corrected chi connectivity index (χ0v) is 9.42. The molecule has 3 aliphatic rings. The molecule has 4 rings (SSSR count). The second-order valence-corrected chi connectivity index (χ2v) is 5.47. The fraction of sp³-hybridized carbons (Fsp3) is 0.462. The van der Waals surface area contributed by atoms with Crippen LogP contribution in [0.5, 0.6) is 0 Å². The van der Waals surface area contributed by atoms with Crippen molar-refractivity contribution in [2.75, 3.05) is 0 Å². The minimum Gasteiger partial charge on any atom is -0.478 e. The lowest BCUT2D eigenvalue weighted by atomic mass is 9.33. The molecule has 3 aliphatic carbocycles. The minimum atomic E-state index is -4.10. The number of hydrogen-bond donors (Lipinski definition) is 1. The van der Waals surface area contributed by atoms with Crippen LogP contribution in [0.1, 0.15) is 35.2 Å². The summed E-state index contributed by atoms with van der Waals surface area (Å²) in [6.07, 6.45) is -3.66. The fourth-order valence-electron chi connectivity index (χ4n) is 3.36. The number of carboxylic acid groups (broad SMARTS) is 1. The van der Waals surface area contributed by atoms with E-state index in [-0.39, 0.29) is 30.2 Å². The number of alkyl halides is 3. The normalized spacial score (nSPS) is 33.5. The van der Waals surface area contributed by atoms with Gasteiger partial charge in [-0.25, -0.2) is 4.79 Å². The lowest BCUT2D eigenvalue weighted by Gasteiger charge is -2.71. The first-order valence-corrected chi connectivity index (χ1v) is 5.69. The smallest absolute Gasteiger partial charge is 0.394 e. The quantitative estimate of drug-likeness (QED) is 0.880. The Kier molecular flexibility index (Phi) is 1.98. The van der Waals surface area contributed by atoms with E-state index in [1.54, 1.807) is 12.1 Å². The van der Waals surface area contributed by atoms with Gasteiger partial charge >= 0.3 is 12.1 Å². The summed E-state index contributed by atoms with van der Waals surface area (Å²) in [5.74, 6) is -1.02. The van der Waals surface area contributed by atoms with Gasteiger partial charge in [-0.1, -0.05) is 12.1 Å². The maximum absolute atomic E-state index is 12.7. The van der Waals surface area contributed by atoms with Crippen molar-refractivity contribution in [3.8, 4) is 0 Å². The van der Waals surface area contributed by atoms with Crippen molar-refractivity contribution in [2.45, 2.75) is 30.9 Å². The summed E-state index contributed by atoms with van der Waals surface area (Å²) in [6.45, 7) is 0. The highest BCUT2D eigenvalue weighted by Crippen LogP contribution is 2.78. The Morgan fingerprint density at radius 2 is 1.61 bits per heavy atom. The van der Waals surface area contributed by atoms with Gasteiger partial charge < -0.3 is 5.11 Å². The second kappa shape index (κ2) is 3.08. The predicted octanol–water partition coefficient (Wildman–Crippen LogP) is 3.37. The van der Waals surface area contributed by atoms with Crippen LogP contribution in [-0.2, 0) is 5.41 Å². The van der Waals surface area contributed by atoms with Crippen molar-refractivity contribution in [3.63, 3.8) is 0 Å². The highest BCUT2D eigenvalue weighted by atomic mass is 19.4. The molecule has 0 spiro atoms. The number of carbonyl (C=O) groups is 1. The monoisotopic (exact) mass is 256 g/mol. The van der Waals surface area contributed by atoms with E-state index in [1.807, 2.05) is 0 Å². The van der Waals surface area contributed by atoms with Gasteiger partial charge in [-0.05, 0) is 42.4 Å². The summed E-state index contributed by atoms with van der Waals surface area (Å²) in [5, 5.41) is 8.76. The summed E-state index contributed by atoms with van der Waals surface area (Å²) in [7, 11) is 0. The molecule has 0 amide bonds. The van der Waals surface area contributed by atoms with Crippen LogP contribution >= 0.6 is 0 Å². The van der Waals surface area contributed by atoms with Gasteiger partial charge in [-0.15, -0.1) is 0 Å². The Bertz CT molecular complexity index is 496. The van der Waals surface area contributed by atoms with E-state index in [0.29, 0.717) is 0 Å². The maximum Gasteiger partial charge on any atom is 0.394 e. The first kappa shape index (κ1) is 11.6. The highest BCUT2D eigenvalue weighted by Gasteiger charge is 2.78. The van der Waals surface area contributed by atoms with Gasteiger partial charge in [0.15, 0.2) is 0 Å². The molecule has 5 heteroatoms. The number of hydrogen-bond acceptors (Lipinski definition) is 1. The summed E-state index contributed by atoms with van der Waals surface area (Å²) in [6, 6.07) is 6.20. The highest BCUT2D eigenvalue weighted by molar-refractivity contribution is 5.87. The van der Waals surface area contributed by atoms with Crippen LogP contribution in [-0.4, -0.2) is 17.3 Å². The average Bonchev–Trinajstić information content (AvgIpc) is 2.11. The first-order valence-electron chi connectivity index (χ1n) is 5.69. The fourth-order valence-corrected chi connectivity index (χ4v) is 3.36. The second-order valence-electron chi connectivity index (χ2n) is 5.47. The van der Waals surface area contributed by atoms with E-state index in [0.717, 1.165) is 5.56 Å². The first-order chi connectivity index (χ1) is 8.28. The van der Waals surface area contributed by atoms with Crippen LogP contribution < -0.4 is 0 Å². The molecule has 1 aromatic carbocycles. The number of halogens is 3. The van der Waals surface area contributed by atoms with Crippen LogP contribution in [0.25, 0.3) is 0 Å². The molecule has 3 fully saturated rings. The Labute approximate surface area is 101 Å². The maximum atomic E-state index is 12.7. The Balaban J connectivity index is 1.79. The van der Waals surface area contributed by atoms with Crippen molar-refractivity contribution in [1.82, 2.24) is 0 Å². The Hall–Kier alpha value is -1.52. The molecule has 2 nitrogen and oxygen atoms in total.